The molecule has 114 valence electrons. The normalized spacial score (nSPS) is 12.6. The topological polar surface area (TPSA) is 29.9 Å². The summed E-state index contributed by atoms with van der Waals surface area (Å²) < 4.78 is 30.1. The van der Waals surface area contributed by atoms with Gasteiger partial charge in [-0.1, -0.05) is 19.9 Å². The quantitative estimate of drug-likeness (QED) is 0.844. The molecule has 0 bridgehead atoms. The molecule has 0 aliphatic rings. The Kier molecular flexibility index (Phi) is 5.44. The van der Waals surface area contributed by atoms with E-state index < -0.39 is 17.7 Å². The molecule has 5 heteroatoms. The van der Waals surface area contributed by atoms with Crippen LogP contribution in [0.15, 0.2) is 30.5 Å². The van der Waals surface area contributed by atoms with E-state index in [1.165, 1.54) is 18.2 Å². The van der Waals surface area contributed by atoms with E-state index in [1.54, 1.807) is 10.9 Å². The summed E-state index contributed by atoms with van der Waals surface area (Å²) >= 11 is 0. The summed E-state index contributed by atoms with van der Waals surface area (Å²) in [6, 6.07) is 5.25. The molecule has 1 atom stereocenters. The summed E-state index contributed by atoms with van der Waals surface area (Å²) in [6.45, 7) is 5.47. The third-order valence-electron chi connectivity index (χ3n) is 3.37. The zero-order chi connectivity index (χ0) is 15.2. The monoisotopic (exact) mass is 293 g/mol. The van der Waals surface area contributed by atoms with Crippen molar-refractivity contribution < 1.29 is 8.78 Å². The molecule has 0 aliphatic heterocycles. The van der Waals surface area contributed by atoms with Gasteiger partial charge >= 0.3 is 0 Å². The first kappa shape index (κ1) is 15.6. The third-order valence-corrected chi connectivity index (χ3v) is 3.37. The van der Waals surface area contributed by atoms with Crippen LogP contribution in [0.1, 0.15) is 44.0 Å². The van der Waals surface area contributed by atoms with E-state index in [9.17, 15) is 8.78 Å². The molecule has 0 saturated heterocycles. The summed E-state index contributed by atoms with van der Waals surface area (Å²) in [5.74, 6) is -1.07. The first-order valence-corrected chi connectivity index (χ1v) is 7.38. The van der Waals surface area contributed by atoms with Crippen molar-refractivity contribution in [1.29, 1.82) is 0 Å². The molecule has 0 fully saturated rings. The predicted molar refractivity (Wildman–Crippen MR) is 79.0 cm³/mol. The van der Waals surface area contributed by atoms with E-state index in [0.717, 1.165) is 25.1 Å². The van der Waals surface area contributed by atoms with Crippen LogP contribution in [-0.2, 0) is 6.54 Å². The fraction of sp³-hybridized carbons (Fsp3) is 0.438. The molecule has 21 heavy (non-hydrogen) atoms. The van der Waals surface area contributed by atoms with Crippen molar-refractivity contribution in [1.82, 2.24) is 15.1 Å². The van der Waals surface area contributed by atoms with Crippen LogP contribution >= 0.6 is 0 Å². The first-order valence-electron chi connectivity index (χ1n) is 7.38. The van der Waals surface area contributed by atoms with Crippen LogP contribution in [0.2, 0.25) is 0 Å². The van der Waals surface area contributed by atoms with Crippen LogP contribution < -0.4 is 5.32 Å². The van der Waals surface area contributed by atoms with Gasteiger partial charge in [-0.25, -0.2) is 8.78 Å². The van der Waals surface area contributed by atoms with Crippen LogP contribution in [0.5, 0.6) is 0 Å². The lowest BCUT2D eigenvalue weighted by Gasteiger charge is -2.21. The summed E-state index contributed by atoms with van der Waals surface area (Å²) in [5, 5.41) is 7.48. The highest BCUT2D eigenvalue weighted by atomic mass is 19.1. The summed E-state index contributed by atoms with van der Waals surface area (Å²) in [6.07, 6.45) is 3.47. The second kappa shape index (κ2) is 7.31. The van der Waals surface area contributed by atoms with Crippen molar-refractivity contribution >= 4 is 0 Å². The Morgan fingerprint density at radius 1 is 1.14 bits per heavy atom. The highest BCUT2D eigenvalue weighted by molar-refractivity contribution is 5.30. The second-order valence-electron chi connectivity index (χ2n) is 5.00. The summed E-state index contributed by atoms with van der Waals surface area (Å²) in [7, 11) is 0. The van der Waals surface area contributed by atoms with Crippen LogP contribution in [0, 0.1) is 11.6 Å². The van der Waals surface area contributed by atoms with Gasteiger partial charge in [-0.3, -0.25) is 4.68 Å². The minimum absolute atomic E-state index is 0.0591. The van der Waals surface area contributed by atoms with Crippen LogP contribution in [0.4, 0.5) is 8.78 Å². The molecule has 1 aromatic carbocycles. The maximum Gasteiger partial charge on any atom is 0.131 e. The zero-order valence-electron chi connectivity index (χ0n) is 12.4. The number of halogens is 2. The molecule has 0 amide bonds. The Balaban J connectivity index is 2.45. The van der Waals surface area contributed by atoms with E-state index in [1.807, 2.05) is 19.9 Å². The number of rotatable bonds is 7. The number of benzene rings is 1. The van der Waals surface area contributed by atoms with Crippen molar-refractivity contribution in [2.45, 2.75) is 39.3 Å². The fourth-order valence-corrected chi connectivity index (χ4v) is 2.42. The maximum atomic E-state index is 14.1. The van der Waals surface area contributed by atoms with Gasteiger partial charge in [0.1, 0.15) is 11.6 Å². The third kappa shape index (κ3) is 3.47. The maximum absolute atomic E-state index is 14.1. The second-order valence-corrected chi connectivity index (χ2v) is 5.00. The van der Waals surface area contributed by atoms with E-state index in [0.29, 0.717) is 6.54 Å². The Bertz CT molecular complexity index is 560. The number of nitrogens with one attached hydrogen (secondary N) is 1. The van der Waals surface area contributed by atoms with Gasteiger partial charge in [0, 0.05) is 18.3 Å². The molecule has 0 aliphatic carbocycles. The number of hydrogen-bond acceptors (Lipinski definition) is 2. The average Bonchev–Trinajstić information content (AvgIpc) is 2.90. The highest BCUT2D eigenvalue weighted by Gasteiger charge is 2.24. The smallest absolute Gasteiger partial charge is 0.131 e. The van der Waals surface area contributed by atoms with Crippen LogP contribution in [0.25, 0.3) is 0 Å². The van der Waals surface area contributed by atoms with E-state index >= 15 is 0 Å². The lowest BCUT2D eigenvalue weighted by atomic mass is 10.0. The molecule has 0 saturated carbocycles. The zero-order valence-corrected chi connectivity index (χ0v) is 12.4. The van der Waals surface area contributed by atoms with Gasteiger partial charge in [0.15, 0.2) is 0 Å². The highest BCUT2D eigenvalue weighted by Crippen LogP contribution is 2.27. The van der Waals surface area contributed by atoms with Crippen molar-refractivity contribution in [3.63, 3.8) is 0 Å². The van der Waals surface area contributed by atoms with Crippen LogP contribution in [0.3, 0.4) is 0 Å². The molecule has 1 unspecified atom stereocenters. The minimum atomic E-state index is -0.534. The predicted octanol–water partition coefficient (Wildman–Crippen LogP) is 3.66. The number of aryl methyl sites for hydroxylation is 1. The number of nitrogens with zero attached hydrogens (tertiary/aromatic N) is 2. The minimum Gasteiger partial charge on any atom is -0.305 e. The largest absolute Gasteiger partial charge is 0.305 e. The lowest BCUT2D eigenvalue weighted by molar-refractivity contribution is 0.469. The Morgan fingerprint density at radius 3 is 2.48 bits per heavy atom. The van der Waals surface area contributed by atoms with Gasteiger partial charge in [-0.05, 0) is 37.6 Å². The van der Waals surface area contributed by atoms with Gasteiger partial charge in [0.05, 0.1) is 11.7 Å². The molecule has 3 nitrogen and oxygen atoms in total. The molecule has 1 aromatic heterocycles. The Hall–Kier alpha value is -1.75. The summed E-state index contributed by atoms with van der Waals surface area (Å²) in [4.78, 5) is 0. The molecule has 2 rings (SSSR count). The van der Waals surface area contributed by atoms with Gasteiger partial charge in [-0.15, -0.1) is 0 Å². The van der Waals surface area contributed by atoms with Crippen molar-refractivity contribution in [3.05, 3.63) is 53.4 Å². The first-order chi connectivity index (χ1) is 10.2. The fourth-order valence-electron chi connectivity index (χ4n) is 2.42. The molecule has 1 N–H and O–H groups in total. The number of aromatic nitrogens is 2. The SMILES string of the molecule is CCCNC(c1c(F)cccc1F)c1ccnn1CCC. The number of hydrogen-bond donors (Lipinski definition) is 1. The van der Waals surface area contributed by atoms with E-state index in [2.05, 4.69) is 10.4 Å². The standard InChI is InChI=1S/C16H21F2N3/c1-3-9-19-16(14-8-10-20-21(14)11-4-2)15-12(17)6-5-7-13(15)18/h5-8,10,16,19H,3-4,9,11H2,1-2H3. The van der Waals surface area contributed by atoms with Gasteiger partial charge in [0.25, 0.3) is 0 Å². The van der Waals surface area contributed by atoms with Crippen LogP contribution in [-0.4, -0.2) is 16.3 Å². The van der Waals surface area contributed by atoms with Crippen molar-refractivity contribution in [2.24, 2.45) is 0 Å². The molecule has 2 aromatic rings. The Labute approximate surface area is 124 Å². The lowest BCUT2D eigenvalue weighted by Crippen LogP contribution is -2.27. The average molecular weight is 293 g/mol. The summed E-state index contributed by atoms with van der Waals surface area (Å²) in [5.41, 5.74) is 0.845. The molecule has 0 spiro atoms. The van der Waals surface area contributed by atoms with Gasteiger partial charge < -0.3 is 5.32 Å². The van der Waals surface area contributed by atoms with Gasteiger partial charge in [0.2, 0.25) is 0 Å². The molecule has 1 heterocycles. The van der Waals surface area contributed by atoms with E-state index in [4.69, 9.17) is 0 Å². The van der Waals surface area contributed by atoms with Gasteiger partial charge in [-0.2, -0.15) is 5.10 Å². The molecule has 0 radical (unpaired) electrons. The van der Waals surface area contributed by atoms with E-state index in [-0.39, 0.29) is 5.56 Å². The molecular weight excluding hydrogens is 272 g/mol. The van der Waals surface area contributed by atoms with Crippen molar-refractivity contribution in [2.75, 3.05) is 6.54 Å². The Morgan fingerprint density at radius 2 is 1.86 bits per heavy atom. The van der Waals surface area contributed by atoms with Crippen molar-refractivity contribution in [3.8, 4) is 0 Å². The molecular formula is C16H21F2N3.